The van der Waals surface area contributed by atoms with Gasteiger partial charge in [-0.05, 0) is 37.6 Å². The average molecular weight is 261 g/mol. The summed E-state index contributed by atoms with van der Waals surface area (Å²) in [6.45, 7) is 4.40. The number of aryl methyl sites for hydroxylation is 1. The summed E-state index contributed by atoms with van der Waals surface area (Å²) in [4.78, 5) is 11.5. The zero-order valence-electron chi connectivity index (χ0n) is 11.3. The molecule has 2 N–H and O–H groups in total. The van der Waals surface area contributed by atoms with Crippen molar-refractivity contribution in [2.45, 2.75) is 20.3 Å². The lowest BCUT2D eigenvalue weighted by Gasteiger charge is -2.07. The topological polar surface area (TPSA) is 58.6 Å². The number of aliphatic hydroxyl groups is 1. The van der Waals surface area contributed by atoms with Gasteiger partial charge in [0.1, 0.15) is 6.61 Å². The van der Waals surface area contributed by atoms with Crippen LogP contribution in [-0.2, 0) is 9.53 Å². The quantitative estimate of drug-likeness (QED) is 0.793. The second-order valence-electron chi connectivity index (χ2n) is 4.05. The summed E-state index contributed by atoms with van der Waals surface area (Å²) < 4.78 is 5.04. The average Bonchev–Trinajstić information content (AvgIpc) is 2.36. The summed E-state index contributed by atoms with van der Waals surface area (Å²) in [6.07, 6.45) is 0.444. The van der Waals surface area contributed by atoms with Gasteiger partial charge in [-0.15, -0.1) is 0 Å². The van der Waals surface area contributed by atoms with E-state index in [0.29, 0.717) is 18.7 Å². The maximum atomic E-state index is 11.5. The van der Waals surface area contributed by atoms with Gasteiger partial charge in [-0.25, -0.2) is 0 Å². The maximum Gasteiger partial charge on any atom is 0.250 e. The molecule has 0 spiro atoms. The molecule has 0 aliphatic heterocycles. The third kappa shape index (κ3) is 6.05. The minimum atomic E-state index is -0.179. The highest BCUT2D eigenvalue weighted by Gasteiger charge is 2.03. The minimum Gasteiger partial charge on any atom is -0.395 e. The highest BCUT2D eigenvalue weighted by atomic mass is 16.5. The van der Waals surface area contributed by atoms with Crippen molar-refractivity contribution >= 4 is 11.6 Å². The number of aliphatic hydroxyl groups excluding tert-OH is 1. The van der Waals surface area contributed by atoms with E-state index in [9.17, 15) is 4.79 Å². The van der Waals surface area contributed by atoms with Crippen LogP contribution in [0.3, 0.4) is 0 Å². The molecule has 102 valence electrons. The highest BCUT2D eigenvalue weighted by Crippen LogP contribution is 2.13. The first kappa shape index (κ1) is 15.2. The normalized spacial score (nSPS) is 9.63. The lowest BCUT2D eigenvalue weighted by atomic mass is 10.1. The fourth-order valence-corrected chi connectivity index (χ4v) is 1.54. The third-order valence-corrected chi connectivity index (χ3v) is 2.27. The minimum absolute atomic E-state index is 0.0516. The molecule has 0 saturated heterocycles. The largest absolute Gasteiger partial charge is 0.395 e. The van der Waals surface area contributed by atoms with E-state index in [-0.39, 0.29) is 19.1 Å². The van der Waals surface area contributed by atoms with Crippen LogP contribution in [0.5, 0.6) is 0 Å². The number of benzene rings is 1. The summed E-state index contributed by atoms with van der Waals surface area (Å²) in [5.41, 5.74) is 2.54. The molecular weight excluding hydrogens is 242 g/mol. The molecule has 19 heavy (non-hydrogen) atoms. The molecule has 1 amide bonds. The van der Waals surface area contributed by atoms with Gasteiger partial charge in [-0.3, -0.25) is 4.79 Å². The van der Waals surface area contributed by atoms with Crippen molar-refractivity contribution in [1.82, 2.24) is 0 Å². The van der Waals surface area contributed by atoms with Gasteiger partial charge in [-0.2, -0.15) is 0 Å². The summed E-state index contributed by atoms with van der Waals surface area (Å²) in [6, 6.07) is 5.62. The van der Waals surface area contributed by atoms with Crippen molar-refractivity contribution in [3.05, 3.63) is 29.3 Å². The first-order valence-electron chi connectivity index (χ1n) is 6.24. The summed E-state index contributed by atoms with van der Waals surface area (Å²) in [5, 5.41) is 11.4. The van der Waals surface area contributed by atoms with Gasteiger partial charge in [0, 0.05) is 24.3 Å². The van der Waals surface area contributed by atoms with Crippen LogP contribution in [-0.4, -0.2) is 30.8 Å². The van der Waals surface area contributed by atoms with Crippen molar-refractivity contribution in [3.63, 3.8) is 0 Å². The monoisotopic (exact) mass is 261 g/mol. The Morgan fingerprint density at radius 2 is 2.21 bits per heavy atom. The van der Waals surface area contributed by atoms with Gasteiger partial charge < -0.3 is 15.2 Å². The van der Waals surface area contributed by atoms with Gasteiger partial charge >= 0.3 is 0 Å². The van der Waals surface area contributed by atoms with E-state index in [0.717, 1.165) is 11.1 Å². The number of amides is 1. The van der Waals surface area contributed by atoms with Crippen LogP contribution in [0.15, 0.2) is 18.2 Å². The van der Waals surface area contributed by atoms with Crippen LogP contribution in [0.1, 0.15) is 24.5 Å². The van der Waals surface area contributed by atoms with Crippen molar-refractivity contribution in [2.75, 3.05) is 25.1 Å². The molecule has 0 fully saturated rings. The molecular formula is C15H19NO3. The smallest absolute Gasteiger partial charge is 0.250 e. The van der Waals surface area contributed by atoms with Gasteiger partial charge in [0.05, 0.1) is 6.61 Å². The molecule has 0 aliphatic rings. The maximum absolute atomic E-state index is 11.5. The second kappa shape index (κ2) is 8.30. The van der Waals surface area contributed by atoms with E-state index < -0.39 is 0 Å². The first-order chi connectivity index (χ1) is 9.15. The van der Waals surface area contributed by atoms with E-state index in [1.807, 2.05) is 26.0 Å². The Balaban J connectivity index is 2.74. The standard InChI is InChI=1S/C15H19NO3/c1-3-19-11-15(18)16-14-9-12(2)8-13(10-14)6-4-5-7-17/h8-10,17H,3,5,7,11H2,1-2H3,(H,16,18). The van der Waals surface area contributed by atoms with E-state index >= 15 is 0 Å². The molecule has 0 unspecified atom stereocenters. The summed E-state index contributed by atoms with van der Waals surface area (Å²) in [7, 11) is 0. The Kier molecular flexibility index (Phi) is 6.65. The Hall–Kier alpha value is -1.83. The van der Waals surface area contributed by atoms with Crippen LogP contribution in [0.25, 0.3) is 0 Å². The Labute approximate surface area is 113 Å². The molecule has 0 aromatic heterocycles. The SMILES string of the molecule is CCOCC(=O)Nc1cc(C)cc(C#CCCO)c1. The van der Waals surface area contributed by atoms with Gasteiger partial charge in [0.15, 0.2) is 0 Å². The van der Waals surface area contributed by atoms with Crippen LogP contribution in [0.2, 0.25) is 0 Å². The van der Waals surface area contributed by atoms with Crippen molar-refractivity contribution in [1.29, 1.82) is 0 Å². The van der Waals surface area contributed by atoms with Crippen molar-refractivity contribution in [3.8, 4) is 11.8 Å². The Morgan fingerprint density at radius 3 is 2.89 bits per heavy atom. The molecule has 1 aromatic carbocycles. The molecule has 0 radical (unpaired) electrons. The lowest BCUT2D eigenvalue weighted by Crippen LogP contribution is -2.18. The molecule has 1 rings (SSSR count). The zero-order chi connectivity index (χ0) is 14.1. The van der Waals surface area contributed by atoms with E-state index in [4.69, 9.17) is 9.84 Å². The number of ether oxygens (including phenoxy) is 1. The number of rotatable bonds is 5. The number of carbonyl (C=O) groups excluding carboxylic acids is 1. The number of carbonyl (C=O) groups is 1. The first-order valence-corrected chi connectivity index (χ1v) is 6.24. The molecule has 0 aliphatic carbocycles. The van der Waals surface area contributed by atoms with Crippen LogP contribution < -0.4 is 5.32 Å². The second-order valence-corrected chi connectivity index (χ2v) is 4.05. The van der Waals surface area contributed by atoms with Gasteiger partial charge in [0.25, 0.3) is 0 Å². The van der Waals surface area contributed by atoms with Gasteiger partial charge in [0.2, 0.25) is 5.91 Å². The fourth-order valence-electron chi connectivity index (χ4n) is 1.54. The van der Waals surface area contributed by atoms with E-state index in [1.165, 1.54) is 0 Å². The Morgan fingerprint density at radius 1 is 1.42 bits per heavy atom. The Bertz CT molecular complexity index is 486. The van der Waals surface area contributed by atoms with E-state index in [2.05, 4.69) is 17.2 Å². The molecule has 0 bridgehead atoms. The number of nitrogens with one attached hydrogen (secondary N) is 1. The highest BCUT2D eigenvalue weighted by molar-refractivity contribution is 5.92. The fraction of sp³-hybridized carbons (Fsp3) is 0.400. The molecule has 0 saturated carbocycles. The number of hydrogen-bond acceptors (Lipinski definition) is 3. The van der Waals surface area contributed by atoms with Crippen molar-refractivity contribution < 1.29 is 14.6 Å². The summed E-state index contributed by atoms with van der Waals surface area (Å²) in [5.74, 6) is 5.63. The summed E-state index contributed by atoms with van der Waals surface area (Å²) >= 11 is 0. The molecule has 4 heteroatoms. The predicted molar refractivity (Wildman–Crippen MR) is 74.9 cm³/mol. The zero-order valence-corrected chi connectivity index (χ0v) is 11.3. The number of anilines is 1. The predicted octanol–water partition coefficient (Wildman–Crippen LogP) is 1.70. The molecule has 1 aromatic rings. The van der Waals surface area contributed by atoms with Crippen LogP contribution in [0.4, 0.5) is 5.69 Å². The van der Waals surface area contributed by atoms with Crippen molar-refractivity contribution in [2.24, 2.45) is 0 Å². The van der Waals surface area contributed by atoms with Gasteiger partial charge in [-0.1, -0.05) is 11.8 Å². The van der Waals surface area contributed by atoms with Crippen LogP contribution >= 0.6 is 0 Å². The molecule has 4 nitrogen and oxygen atoms in total. The third-order valence-electron chi connectivity index (χ3n) is 2.27. The molecule has 0 heterocycles. The van der Waals surface area contributed by atoms with Crippen LogP contribution in [0, 0.1) is 18.8 Å². The number of hydrogen-bond donors (Lipinski definition) is 2. The molecule has 0 atom stereocenters. The van der Waals surface area contributed by atoms with E-state index in [1.54, 1.807) is 6.07 Å². The lowest BCUT2D eigenvalue weighted by molar-refractivity contribution is -0.120.